The Morgan fingerprint density at radius 1 is 1.44 bits per heavy atom. The molecule has 8 nitrogen and oxygen atoms in total. The number of nitrogens with one attached hydrogen (secondary N) is 1. The van der Waals surface area contributed by atoms with Crippen molar-refractivity contribution in [1.82, 2.24) is 10.3 Å². The van der Waals surface area contributed by atoms with E-state index in [1.807, 2.05) is 0 Å². The minimum atomic E-state index is 0.0464. The maximum atomic E-state index is 9.25. The molecule has 1 aromatic carbocycles. The quantitative estimate of drug-likeness (QED) is 0.286. The van der Waals surface area contributed by atoms with Crippen LogP contribution in [0.25, 0.3) is 0 Å². The second-order valence-electron chi connectivity index (χ2n) is 3.36. The molecule has 92 valence electrons. The summed E-state index contributed by atoms with van der Waals surface area (Å²) in [4.78, 5) is 0. The van der Waals surface area contributed by atoms with Gasteiger partial charge in [-0.05, 0) is 28.5 Å². The first kappa shape index (κ1) is 11.6. The molecule has 0 saturated carbocycles. The number of nitrogen functional groups attached to an aromatic ring is 1. The van der Waals surface area contributed by atoms with Gasteiger partial charge in [0.15, 0.2) is 11.5 Å². The molecule has 0 unspecified atom stereocenters. The summed E-state index contributed by atoms with van der Waals surface area (Å²) in [5.74, 6) is 0.271. The largest absolute Gasteiger partial charge is 0.508 e. The molecule has 1 aromatic heterocycles. The number of benzene rings is 1. The lowest BCUT2D eigenvalue weighted by atomic mass is 10.2. The zero-order valence-corrected chi connectivity index (χ0v) is 9.24. The molecule has 0 fully saturated rings. The number of aromatic nitrogens is 2. The third kappa shape index (κ3) is 2.61. The first-order valence-corrected chi connectivity index (χ1v) is 4.96. The number of amidine groups is 1. The Labute approximate surface area is 102 Å². The van der Waals surface area contributed by atoms with Gasteiger partial charge in [-0.2, -0.15) is 0 Å². The van der Waals surface area contributed by atoms with Crippen molar-refractivity contribution in [2.75, 3.05) is 5.73 Å². The van der Waals surface area contributed by atoms with E-state index in [1.165, 1.54) is 0 Å². The number of hydrogen-bond donors (Lipinski definition) is 4. The number of phenolic OH excluding ortho intramolecular Hbond substituents is 1. The third-order valence-electron chi connectivity index (χ3n) is 2.04. The van der Waals surface area contributed by atoms with Crippen molar-refractivity contribution in [3.63, 3.8) is 0 Å². The van der Waals surface area contributed by atoms with Crippen LogP contribution in [-0.4, -0.2) is 27.5 Å². The smallest absolute Gasteiger partial charge is 0.224 e. The van der Waals surface area contributed by atoms with Crippen LogP contribution < -0.4 is 16.6 Å². The molecule has 2 aromatic rings. The molecule has 0 spiro atoms. The molecule has 0 aliphatic heterocycles. The standard InChI is InChI=1S/C10H10N6O2/c11-9(8-10(12)16-18-15-8)14-13-5-6-2-1-3-7(17)4-6/h1-5,17H,(H2,11,14)(H2,12,16)/p+1. The maximum absolute atomic E-state index is 9.25. The van der Waals surface area contributed by atoms with Gasteiger partial charge in [0.05, 0.1) is 0 Å². The van der Waals surface area contributed by atoms with Crippen molar-refractivity contribution in [3.05, 3.63) is 35.5 Å². The molecule has 0 atom stereocenters. The number of phenols is 1. The number of anilines is 1. The topological polar surface area (TPSA) is 138 Å². The van der Waals surface area contributed by atoms with E-state index in [-0.39, 0.29) is 23.1 Å². The second kappa shape index (κ2) is 4.95. The lowest BCUT2D eigenvalue weighted by molar-refractivity contribution is -0.456. The van der Waals surface area contributed by atoms with E-state index in [0.717, 1.165) is 5.56 Å². The lowest BCUT2D eigenvalue weighted by Gasteiger charge is -1.90. The van der Waals surface area contributed by atoms with Gasteiger partial charge in [-0.15, -0.1) is 5.10 Å². The SMILES string of the molecule is NC(=N[NH+]=Cc1cccc(O)c1)c1nonc1N. The highest BCUT2D eigenvalue weighted by molar-refractivity contribution is 5.98. The molecule has 6 N–H and O–H groups in total. The van der Waals surface area contributed by atoms with Crippen molar-refractivity contribution >= 4 is 17.9 Å². The highest BCUT2D eigenvalue weighted by Gasteiger charge is 2.11. The fourth-order valence-corrected chi connectivity index (χ4v) is 1.22. The molecule has 0 amide bonds. The van der Waals surface area contributed by atoms with Crippen molar-refractivity contribution in [3.8, 4) is 5.75 Å². The van der Waals surface area contributed by atoms with Gasteiger partial charge in [-0.25, -0.2) is 4.63 Å². The summed E-state index contributed by atoms with van der Waals surface area (Å²) in [6.45, 7) is 0. The highest BCUT2D eigenvalue weighted by Crippen LogP contribution is 2.07. The van der Waals surface area contributed by atoms with Crippen molar-refractivity contribution in [2.45, 2.75) is 0 Å². The number of rotatable bonds is 3. The molecule has 0 radical (unpaired) electrons. The first-order chi connectivity index (χ1) is 8.66. The maximum Gasteiger partial charge on any atom is 0.224 e. The normalized spacial score (nSPS) is 12.1. The molecule has 2 rings (SSSR count). The minimum absolute atomic E-state index is 0.0464. The summed E-state index contributed by atoms with van der Waals surface area (Å²) in [7, 11) is 0. The van der Waals surface area contributed by atoms with Crippen molar-refractivity contribution < 1.29 is 14.8 Å². The van der Waals surface area contributed by atoms with Crippen molar-refractivity contribution in [2.24, 2.45) is 10.8 Å². The van der Waals surface area contributed by atoms with Crippen LogP contribution in [0, 0.1) is 0 Å². The molecule has 0 bridgehead atoms. The van der Waals surface area contributed by atoms with E-state index in [1.54, 1.807) is 30.5 Å². The van der Waals surface area contributed by atoms with Crippen LogP contribution in [0.1, 0.15) is 11.3 Å². The van der Waals surface area contributed by atoms with Gasteiger partial charge < -0.3 is 16.6 Å². The number of hydrazone groups is 1. The molecule has 0 saturated heterocycles. The van der Waals surface area contributed by atoms with E-state index in [2.05, 4.69) is 25.1 Å². The zero-order valence-electron chi connectivity index (χ0n) is 9.24. The Balaban J connectivity index is 2.13. The van der Waals surface area contributed by atoms with Gasteiger partial charge in [0, 0.05) is 10.7 Å². The summed E-state index contributed by atoms with van der Waals surface area (Å²) < 4.78 is 4.39. The Kier molecular flexibility index (Phi) is 3.19. The predicted molar refractivity (Wildman–Crippen MR) is 63.7 cm³/mol. The van der Waals surface area contributed by atoms with Crippen LogP contribution in [-0.2, 0) is 0 Å². The van der Waals surface area contributed by atoms with Gasteiger partial charge >= 0.3 is 0 Å². The lowest BCUT2D eigenvalue weighted by Crippen LogP contribution is -2.63. The zero-order chi connectivity index (χ0) is 13.0. The van der Waals surface area contributed by atoms with Crippen molar-refractivity contribution in [1.29, 1.82) is 0 Å². The molecule has 0 aliphatic rings. The third-order valence-corrected chi connectivity index (χ3v) is 2.04. The minimum Gasteiger partial charge on any atom is -0.508 e. The fourth-order valence-electron chi connectivity index (χ4n) is 1.22. The molecule has 1 heterocycles. The average Bonchev–Trinajstić information content (AvgIpc) is 2.75. The van der Waals surface area contributed by atoms with Gasteiger partial charge in [-0.1, -0.05) is 6.07 Å². The number of nitrogens with two attached hydrogens (primary N) is 2. The molecule has 8 heteroatoms. The van der Waals surface area contributed by atoms with Crippen LogP contribution in [0.3, 0.4) is 0 Å². The summed E-state index contributed by atoms with van der Waals surface area (Å²) in [5, 5.41) is 22.5. The molecule has 18 heavy (non-hydrogen) atoms. The van der Waals surface area contributed by atoms with Gasteiger partial charge in [0.25, 0.3) is 0 Å². The number of aromatic hydroxyl groups is 1. The average molecular weight is 247 g/mol. The Hall–Kier alpha value is -2.90. The van der Waals surface area contributed by atoms with E-state index >= 15 is 0 Å². The molecular formula is C10H11N6O2+. The van der Waals surface area contributed by atoms with E-state index < -0.39 is 0 Å². The molecule has 0 aliphatic carbocycles. The van der Waals surface area contributed by atoms with Gasteiger partial charge in [0.2, 0.25) is 12.1 Å². The van der Waals surface area contributed by atoms with Gasteiger partial charge in [-0.3, -0.25) is 0 Å². The fraction of sp³-hybridized carbons (Fsp3) is 0. The summed E-state index contributed by atoms with van der Waals surface area (Å²) in [6, 6.07) is 6.61. The number of hydrogen-bond acceptors (Lipinski definition) is 6. The Morgan fingerprint density at radius 3 is 2.94 bits per heavy atom. The van der Waals surface area contributed by atoms with Crippen LogP contribution in [0.4, 0.5) is 5.82 Å². The van der Waals surface area contributed by atoms with Crippen LogP contribution in [0.15, 0.2) is 34.0 Å². The summed E-state index contributed by atoms with van der Waals surface area (Å²) in [6.07, 6.45) is 1.55. The Morgan fingerprint density at radius 2 is 2.28 bits per heavy atom. The highest BCUT2D eigenvalue weighted by atomic mass is 16.6. The summed E-state index contributed by atoms with van der Waals surface area (Å²) >= 11 is 0. The first-order valence-electron chi connectivity index (χ1n) is 4.96. The van der Waals surface area contributed by atoms with Gasteiger partial charge in [0.1, 0.15) is 5.75 Å². The monoisotopic (exact) mass is 247 g/mol. The number of nitrogens with zero attached hydrogens (tertiary/aromatic N) is 3. The van der Waals surface area contributed by atoms with Crippen LogP contribution in [0.2, 0.25) is 0 Å². The predicted octanol–water partition coefficient (Wildman–Crippen LogP) is -1.82. The second-order valence-corrected chi connectivity index (χ2v) is 3.36. The summed E-state index contributed by atoms with van der Waals surface area (Å²) in [5.41, 5.74) is 12.0. The molecular weight excluding hydrogens is 236 g/mol. The van der Waals surface area contributed by atoms with Crippen LogP contribution >= 0.6 is 0 Å². The van der Waals surface area contributed by atoms with E-state index in [0.29, 0.717) is 0 Å². The Bertz CT molecular complexity index is 604. The van der Waals surface area contributed by atoms with Crippen LogP contribution in [0.5, 0.6) is 5.75 Å². The van der Waals surface area contributed by atoms with E-state index in [4.69, 9.17) is 11.5 Å². The van der Waals surface area contributed by atoms with E-state index in [9.17, 15) is 5.11 Å².